The van der Waals surface area contributed by atoms with Crippen LogP contribution in [0.5, 0.6) is 0 Å². The Morgan fingerprint density at radius 3 is 3.09 bits per heavy atom. The van der Waals surface area contributed by atoms with Gasteiger partial charge in [-0.25, -0.2) is 0 Å². The van der Waals surface area contributed by atoms with Gasteiger partial charge in [0.15, 0.2) is 0 Å². The molecular formula is C9H8N2. The van der Waals surface area contributed by atoms with Crippen molar-refractivity contribution in [2.45, 2.75) is 6.92 Å². The Labute approximate surface area is 64.9 Å². The molecule has 0 spiro atoms. The average Bonchev–Trinajstić information content (AvgIpc) is 2.04. The predicted molar refractivity (Wildman–Crippen MR) is 44.3 cm³/mol. The highest BCUT2D eigenvalue weighted by atomic mass is 14.7. The van der Waals surface area contributed by atoms with Gasteiger partial charge in [-0.3, -0.25) is 9.97 Å². The van der Waals surface area contributed by atoms with Crippen LogP contribution in [0.2, 0.25) is 0 Å². The first kappa shape index (κ1) is 6.28. The lowest BCUT2D eigenvalue weighted by atomic mass is 10.2. The van der Waals surface area contributed by atoms with E-state index in [1.807, 2.05) is 19.2 Å². The third kappa shape index (κ3) is 1.07. The molecule has 2 rings (SSSR count). The molecule has 0 N–H and O–H groups in total. The van der Waals surface area contributed by atoms with Crippen molar-refractivity contribution in [3.05, 3.63) is 36.3 Å². The van der Waals surface area contributed by atoms with Gasteiger partial charge in [0.25, 0.3) is 0 Å². The van der Waals surface area contributed by atoms with Gasteiger partial charge in [-0.2, -0.15) is 0 Å². The summed E-state index contributed by atoms with van der Waals surface area (Å²) < 4.78 is 0. The highest BCUT2D eigenvalue weighted by Gasteiger charge is 1.91. The zero-order chi connectivity index (χ0) is 7.68. The van der Waals surface area contributed by atoms with Crippen LogP contribution in [-0.2, 0) is 0 Å². The Morgan fingerprint density at radius 1 is 1.27 bits per heavy atom. The summed E-state index contributed by atoms with van der Waals surface area (Å²) in [6, 6.07) is 4.07. The number of pyridine rings is 2. The molecule has 0 bridgehead atoms. The van der Waals surface area contributed by atoms with E-state index in [-0.39, 0.29) is 0 Å². The van der Waals surface area contributed by atoms with Crippen LogP contribution < -0.4 is 0 Å². The molecular weight excluding hydrogens is 136 g/mol. The van der Waals surface area contributed by atoms with E-state index in [0.717, 1.165) is 10.9 Å². The maximum absolute atomic E-state index is 4.22. The third-order valence-corrected chi connectivity index (χ3v) is 1.62. The van der Waals surface area contributed by atoms with Crippen molar-refractivity contribution in [1.82, 2.24) is 9.97 Å². The molecule has 2 aromatic heterocycles. The highest BCUT2D eigenvalue weighted by molar-refractivity contribution is 5.77. The Morgan fingerprint density at radius 2 is 2.18 bits per heavy atom. The molecule has 2 aromatic rings. The van der Waals surface area contributed by atoms with Crippen LogP contribution in [0, 0.1) is 6.92 Å². The third-order valence-electron chi connectivity index (χ3n) is 1.62. The smallest absolute Gasteiger partial charge is 0.0885 e. The molecule has 0 saturated carbocycles. The van der Waals surface area contributed by atoms with Crippen molar-refractivity contribution in [1.29, 1.82) is 0 Å². The van der Waals surface area contributed by atoms with Crippen LogP contribution in [0.15, 0.2) is 30.7 Å². The van der Waals surface area contributed by atoms with E-state index in [1.54, 1.807) is 12.4 Å². The minimum absolute atomic E-state index is 0.957. The van der Waals surface area contributed by atoms with E-state index in [0.29, 0.717) is 0 Å². The highest BCUT2D eigenvalue weighted by Crippen LogP contribution is 2.09. The summed E-state index contributed by atoms with van der Waals surface area (Å²) in [5.41, 5.74) is 2.14. The number of nitrogens with zero attached hydrogens (tertiary/aromatic N) is 2. The lowest BCUT2D eigenvalue weighted by molar-refractivity contribution is 1.28. The zero-order valence-corrected chi connectivity index (χ0v) is 6.28. The van der Waals surface area contributed by atoms with E-state index >= 15 is 0 Å². The Bertz CT molecular complexity index is 382. The minimum Gasteiger partial charge on any atom is -0.262 e. The maximum atomic E-state index is 4.22. The van der Waals surface area contributed by atoms with Gasteiger partial charge in [0, 0.05) is 17.8 Å². The molecule has 0 fully saturated rings. The summed E-state index contributed by atoms with van der Waals surface area (Å²) in [7, 11) is 0. The van der Waals surface area contributed by atoms with E-state index in [1.165, 1.54) is 5.56 Å². The SMILES string of the molecule is Cc1cnc2cnccc2c1. The van der Waals surface area contributed by atoms with E-state index in [9.17, 15) is 0 Å². The summed E-state index contributed by atoms with van der Waals surface area (Å²) in [5.74, 6) is 0. The number of rotatable bonds is 0. The van der Waals surface area contributed by atoms with Gasteiger partial charge < -0.3 is 0 Å². The monoisotopic (exact) mass is 144 g/mol. The predicted octanol–water partition coefficient (Wildman–Crippen LogP) is 1.94. The number of aromatic nitrogens is 2. The van der Waals surface area contributed by atoms with Gasteiger partial charge in [-0.05, 0) is 24.6 Å². The van der Waals surface area contributed by atoms with Gasteiger partial charge >= 0.3 is 0 Å². The van der Waals surface area contributed by atoms with Crippen molar-refractivity contribution in [2.24, 2.45) is 0 Å². The van der Waals surface area contributed by atoms with Gasteiger partial charge in [0.1, 0.15) is 0 Å². The first-order valence-corrected chi connectivity index (χ1v) is 3.52. The number of hydrogen-bond acceptors (Lipinski definition) is 2. The van der Waals surface area contributed by atoms with Crippen molar-refractivity contribution >= 4 is 10.9 Å². The van der Waals surface area contributed by atoms with E-state index < -0.39 is 0 Å². The second-order valence-electron chi connectivity index (χ2n) is 2.58. The lowest BCUT2D eigenvalue weighted by Crippen LogP contribution is -1.81. The van der Waals surface area contributed by atoms with Crippen molar-refractivity contribution in [2.75, 3.05) is 0 Å². The fraction of sp³-hybridized carbons (Fsp3) is 0.111. The van der Waals surface area contributed by atoms with Crippen LogP contribution in [-0.4, -0.2) is 9.97 Å². The quantitative estimate of drug-likeness (QED) is 0.564. The van der Waals surface area contributed by atoms with Gasteiger partial charge in [0.2, 0.25) is 0 Å². The summed E-state index contributed by atoms with van der Waals surface area (Å²) >= 11 is 0. The Balaban J connectivity index is 2.83. The molecule has 2 heteroatoms. The molecule has 0 amide bonds. The first-order valence-electron chi connectivity index (χ1n) is 3.52. The number of fused-ring (bicyclic) bond motifs is 1. The lowest BCUT2D eigenvalue weighted by Gasteiger charge is -1.95. The molecule has 11 heavy (non-hydrogen) atoms. The molecule has 0 atom stereocenters. The molecule has 0 radical (unpaired) electrons. The number of hydrogen-bond donors (Lipinski definition) is 0. The molecule has 0 saturated heterocycles. The molecule has 0 aromatic carbocycles. The first-order chi connectivity index (χ1) is 5.36. The molecule has 0 aliphatic heterocycles. The fourth-order valence-electron chi connectivity index (χ4n) is 1.08. The van der Waals surface area contributed by atoms with Crippen LogP contribution in [0.3, 0.4) is 0 Å². The fourth-order valence-corrected chi connectivity index (χ4v) is 1.08. The zero-order valence-electron chi connectivity index (χ0n) is 6.28. The van der Waals surface area contributed by atoms with Crippen molar-refractivity contribution in [3.8, 4) is 0 Å². The largest absolute Gasteiger partial charge is 0.262 e. The van der Waals surface area contributed by atoms with Crippen LogP contribution in [0.4, 0.5) is 0 Å². The van der Waals surface area contributed by atoms with E-state index in [4.69, 9.17) is 0 Å². The Hall–Kier alpha value is -1.44. The van der Waals surface area contributed by atoms with Crippen molar-refractivity contribution in [3.63, 3.8) is 0 Å². The summed E-state index contributed by atoms with van der Waals surface area (Å²) in [4.78, 5) is 8.20. The van der Waals surface area contributed by atoms with Gasteiger partial charge in [0.05, 0.1) is 11.7 Å². The molecule has 2 heterocycles. The van der Waals surface area contributed by atoms with Gasteiger partial charge in [-0.15, -0.1) is 0 Å². The minimum atomic E-state index is 0.957. The van der Waals surface area contributed by atoms with E-state index in [2.05, 4.69) is 16.0 Å². The number of aryl methyl sites for hydroxylation is 1. The topological polar surface area (TPSA) is 25.8 Å². The standard InChI is InChI=1S/C9H8N2/c1-7-4-8-2-3-10-6-9(8)11-5-7/h2-6H,1H3. The average molecular weight is 144 g/mol. The molecule has 0 aliphatic rings. The van der Waals surface area contributed by atoms with Gasteiger partial charge in [-0.1, -0.05) is 0 Å². The summed E-state index contributed by atoms with van der Waals surface area (Å²) in [5, 5.41) is 1.15. The normalized spacial score (nSPS) is 10.3. The summed E-state index contributed by atoms with van der Waals surface area (Å²) in [6.45, 7) is 2.03. The second kappa shape index (κ2) is 2.31. The van der Waals surface area contributed by atoms with Crippen LogP contribution in [0.25, 0.3) is 10.9 Å². The molecule has 0 aliphatic carbocycles. The summed E-state index contributed by atoms with van der Waals surface area (Å²) in [6.07, 6.45) is 5.40. The second-order valence-corrected chi connectivity index (χ2v) is 2.58. The maximum Gasteiger partial charge on any atom is 0.0885 e. The molecule has 54 valence electrons. The molecule has 0 unspecified atom stereocenters. The molecule has 2 nitrogen and oxygen atoms in total. The Kier molecular flexibility index (Phi) is 1.32. The van der Waals surface area contributed by atoms with Crippen molar-refractivity contribution < 1.29 is 0 Å². The van der Waals surface area contributed by atoms with Crippen LogP contribution in [0.1, 0.15) is 5.56 Å². The van der Waals surface area contributed by atoms with Crippen LogP contribution >= 0.6 is 0 Å².